The number of anilines is 2. The van der Waals surface area contributed by atoms with Gasteiger partial charge in [-0.3, -0.25) is 4.79 Å². The molecule has 1 aromatic carbocycles. The third kappa shape index (κ3) is 2.31. The Bertz CT molecular complexity index is 638. The van der Waals surface area contributed by atoms with Crippen LogP contribution in [-0.4, -0.2) is 27.0 Å². The number of fused-ring (bicyclic) bond motifs is 1. The molecule has 102 valence electrons. The lowest BCUT2D eigenvalue weighted by Crippen LogP contribution is -2.44. The van der Waals surface area contributed by atoms with Crippen molar-refractivity contribution in [2.24, 2.45) is 0 Å². The number of nitrogens with one attached hydrogen (secondary N) is 2. The van der Waals surface area contributed by atoms with Gasteiger partial charge in [-0.05, 0) is 31.0 Å². The summed E-state index contributed by atoms with van der Waals surface area (Å²) in [5.41, 5.74) is 1.21. The van der Waals surface area contributed by atoms with Crippen molar-refractivity contribution in [1.82, 2.24) is 4.72 Å². The van der Waals surface area contributed by atoms with Gasteiger partial charge < -0.3 is 10.2 Å². The third-order valence-corrected chi connectivity index (χ3v) is 4.71. The van der Waals surface area contributed by atoms with Crippen LogP contribution in [0.25, 0.3) is 0 Å². The average Bonchev–Trinajstić information content (AvgIpc) is 3.13. The number of carbonyl (C=O) groups is 1. The van der Waals surface area contributed by atoms with Crippen LogP contribution in [0.3, 0.4) is 0 Å². The van der Waals surface area contributed by atoms with Crippen LogP contribution >= 0.6 is 0 Å². The first-order valence-corrected chi connectivity index (χ1v) is 7.63. The summed E-state index contributed by atoms with van der Waals surface area (Å²) in [5.74, 6) is -0.222. The van der Waals surface area contributed by atoms with E-state index in [0.717, 1.165) is 18.5 Å². The Morgan fingerprint density at radius 2 is 2.16 bits per heavy atom. The van der Waals surface area contributed by atoms with E-state index in [9.17, 15) is 13.2 Å². The van der Waals surface area contributed by atoms with Gasteiger partial charge in [0.1, 0.15) is 4.90 Å². The molecule has 1 heterocycles. The minimum Gasteiger partial charge on any atom is -0.354 e. The second-order valence-corrected chi connectivity index (χ2v) is 6.61. The van der Waals surface area contributed by atoms with E-state index in [0.29, 0.717) is 18.4 Å². The van der Waals surface area contributed by atoms with Crippen LogP contribution in [0.2, 0.25) is 0 Å². The molecule has 3 rings (SSSR count). The van der Waals surface area contributed by atoms with Crippen LogP contribution in [0.1, 0.15) is 19.8 Å². The molecule has 0 spiro atoms. The van der Waals surface area contributed by atoms with Gasteiger partial charge in [0, 0.05) is 18.7 Å². The average molecular weight is 281 g/mol. The predicted octanol–water partition coefficient (Wildman–Crippen LogP) is 0.863. The molecular formula is C12H15N3O3S. The molecule has 6 nitrogen and oxygen atoms in total. The summed E-state index contributed by atoms with van der Waals surface area (Å²) in [6, 6.07) is 5.43. The second kappa shape index (κ2) is 4.21. The van der Waals surface area contributed by atoms with Gasteiger partial charge in [-0.15, -0.1) is 0 Å². The van der Waals surface area contributed by atoms with Crippen LogP contribution < -0.4 is 14.9 Å². The summed E-state index contributed by atoms with van der Waals surface area (Å²) in [4.78, 5) is 13.3. The summed E-state index contributed by atoms with van der Waals surface area (Å²) in [6.45, 7) is 1.71. The minimum absolute atomic E-state index is 0.222. The van der Waals surface area contributed by atoms with Crippen LogP contribution in [0, 0.1) is 0 Å². The fourth-order valence-electron chi connectivity index (χ4n) is 2.28. The van der Waals surface area contributed by atoms with E-state index in [1.807, 2.05) is 0 Å². The molecule has 0 saturated heterocycles. The Hall–Kier alpha value is -1.60. The van der Waals surface area contributed by atoms with Crippen LogP contribution in [0.4, 0.5) is 11.4 Å². The number of carbonyl (C=O) groups excluding carboxylic acids is 1. The monoisotopic (exact) mass is 281 g/mol. The van der Waals surface area contributed by atoms with Crippen molar-refractivity contribution in [3.05, 3.63) is 18.2 Å². The third-order valence-electron chi connectivity index (χ3n) is 3.29. The number of hydrogen-bond acceptors (Lipinski definition) is 4. The first kappa shape index (κ1) is 12.4. The molecule has 19 heavy (non-hydrogen) atoms. The number of benzene rings is 1. The molecule has 0 bridgehead atoms. The Balaban J connectivity index is 2.05. The van der Waals surface area contributed by atoms with Gasteiger partial charge in [0.25, 0.3) is 0 Å². The van der Waals surface area contributed by atoms with Crippen LogP contribution in [0.5, 0.6) is 0 Å². The Kier molecular flexibility index (Phi) is 2.75. The molecule has 1 saturated carbocycles. The van der Waals surface area contributed by atoms with Crippen molar-refractivity contribution in [3.63, 3.8) is 0 Å². The van der Waals surface area contributed by atoms with E-state index >= 15 is 0 Å². The molecule has 1 fully saturated rings. The van der Waals surface area contributed by atoms with Gasteiger partial charge in [0.15, 0.2) is 0 Å². The molecule has 0 unspecified atom stereocenters. The van der Waals surface area contributed by atoms with E-state index in [2.05, 4.69) is 14.9 Å². The van der Waals surface area contributed by atoms with Crippen molar-refractivity contribution in [3.8, 4) is 0 Å². The molecule has 1 amide bonds. The molecule has 2 N–H and O–H groups in total. The normalized spacial score (nSPS) is 20.8. The van der Waals surface area contributed by atoms with Gasteiger partial charge >= 0.3 is 0 Å². The Labute approximate surface area is 111 Å². The zero-order valence-electron chi connectivity index (χ0n) is 10.5. The zero-order valence-corrected chi connectivity index (χ0v) is 11.3. The quantitative estimate of drug-likeness (QED) is 0.843. The predicted molar refractivity (Wildman–Crippen MR) is 71.4 cm³/mol. The molecule has 0 aromatic heterocycles. The lowest BCUT2D eigenvalue weighted by Gasteiger charge is -2.31. The maximum atomic E-state index is 12.0. The first-order valence-electron chi connectivity index (χ1n) is 6.15. The minimum atomic E-state index is -3.48. The van der Waals surface area contributed by atoms with Crippen molar-refractivity contribution < 1.29 is 13.2 Å². The van der Waals surface area contributed by atoms with Crippen LogP contribution in [-0.2, 0) is 14.8 Å². The molecule has 2 aliphatic rings. The highest BCUT2D eigenvalue weighted by atomic mass is 32.2. The number of amides is 1. The SMILES string of the molecule is CC(=O)Nc1ccc2c(c1)S(=O)(=O)NCN2C1CC1. The molecule has 0 radical (unpaired) electrons. The number of rotatable bonds is 2. The van der Waals surface area contributed by atoms with E-state index in [1.54, 1.807) is 12.1 Å². The standard InChI is InChI=1S/C12H15N3O3S/c1-8(16)14-9-2-5-11-12(6-9)19(17,18)13-7-15(11)10-3-4-10/h2,5-6,10,13H,3-4,7H2,1H3,(H,14,16). The van der Waals surface area contributed by atoms with Gasteiger partial charge in [0.2, 0.25) is 15.9 Å². The molecule has 7 heteroatoms. The number of hydrogen-bond donors (Lipinski definition) is 2. The van der Waals surface area contributed by atoms with Crippen LogP contribution in [0.15, 0.2) is 23.1 Å². The van der Waals surface area contributed by atoms with E-state index in [4.69, 9.17) is 0 Å². The first-order chi connectivity index (χ1) is 8.97. The van der Waals surface area contributed by atoms with Crippen molar-refractivity contribution in [1.29, 1.82) is 0 Å². The van der Waals surface area contributed by atoms with Crippen molar-refractivity contribution >= 4 is 27.3 Å². The second-order valence-electron chi connectivity index (χ2n) is 4.87. The van der Waals surface area contributed by atoms with Gasteiger partial charge in [-0.25, -0.2) is 8.42 Å². The van der Waals surface area contributed by atoms with Gasteiger partial charge in [-0.2, -0.15) is 4.72 Å². The highest BCUT2D eigenvalue weighted by Crippen LogP contribution is 2.38. The van der Waals surface area contributed by atoms with Crippen molar-refractivity contribution in [2.45, 2.75) is 30.7 Å². The largest absolute Gasteiger partial charge is 0.354 e. The van der Waals surface area contributed by atoms with E-state index in [1.165, 1.54) is 13.0 Å². The van der Waals surface area contributed by atoms with Crippen molar-refractivity contribution in [2.75, 3.05) is 16.9 Å². The Morgan fingerprint density at radius 1 is 1.42 bits per heavy atom. The highest BCUT2D eigenvalue weighted by molar-refractivity contribution is 7.89. The molecule has 1 aliphatic carbocycles. The topological polar surface area (TPSA) is 78.5 Å². The molecular weight excluding hydrogens is 266 g/mol. The maximum absolute atomic E-state index is 12.0. The van der Waals surface area contributed by atoms with E-state index < -0.39 is 10.0 Å². The molecule has 0 atom stereocenters. The smallest absolute Gasteiger partial charge is 0.244 e. The molecule has 1 aliphatic heterocycles. The fraction of sp³-hybridized carbons (Fsp3) is 0.417. The van der Waals surface area contributed by atoms with Gasteiger partial charge in [0.05, 0.1) is 12.4 Å². The summed E-state index contributed by atoms with van der Waals surface area (Å²) < 4.78 is 26.7. The summed E-state index contributed by atoms with van der Waals surface area (Å²) >= 11 is 0. The summed E-state index contributed by atoms with van der Waals surface area (Å²) in [6.07, 6.45) is 2.18. The highest BCUT2D eigenvalue weighted by Gasteiger charge is 2.36. The lowest BCUT2D eigenvalue weighted by atomic mass is 10.2. The maximum Gasteiger partial charge on any atom is 0.244 e. The molecule has 1 aromatic rings. The summed E-state index contributed by atoms with van der Waals surface area (Å²) in [7, 11) is -3.48. The number of sulfonamides is 1. The summed E-state index contributed by atoms with van der Waals surface area (Å²) in [5, 5.41) is 2.60. The zero-order chi connectivity index (χ0) is 13.6. The van der Waals surface area contributed by atoms with E-state index in [-0.39, 0.29) is 10.8 Å². The van der Waals surface area contributed by atoms with Gasteiger partial charge in [-0.1, -0.05) is 0 Å². The Morgan fingerprint density at radius 3 is 2.79 bits per heavy atom. The lowest BCUT2D eigenvalue weighted by molar-refractivity contribution is -0.114. The number of nitrogens with zero attached hydrogens (tertiary/aromatic N) is 1. The fourth-order valence-corrected chi connectivity index (χ4v) is 3.48.